The molecule has 0 aromatic rings. The number of piperazine rings is 1. The van der Waals surface area contributed by atoms with Gasteiger partial charge < -0.3 is 5.32 Å². The molecule has 0 aromatic heterocycles. The van der Waals surface area contributed by atoms with Gasteiger partial charge in [-0.25, -0.2) is 8.42 Å². The molecule has 1 heterocycles. The van der Waals surface area contributed by atoms with E-state index in [0.29, 0.717) is 19.0 Å². The van der Waals surface area contributed by atoms with E-state index in [1.165, 1.54) is 10.7 Å². The summed E-state index contributed by atoms with van der Waals surface area (Å²) in [5.41, 5.74) is 0. The zero-order valence-corrected chi connectivity index (χ0v) is 10.1. The van der Waals surface area contributed by atoms with Gasteiger partial charge in [-0.3, -0.25) is 4.79 Å². The molecule has 1 saturated carbocycles. The first-order valence-corrected chi connectivity index (χ1v) is 7.43. The average Bonchev–Trinajstić information content (AvgIpc) is 2.15. The Kier molecular flexibility index (Phi) is 3.49. The van der Waals surface area contributed by atoms with Gasteiger partial charge in [0, 0.05) is 13.1 Å². The molecule has 92 valence electrons. The Morgan fingerprint density at radius 1 is 1.38 bits per heavy atom. The molecule has 1 N–H and O–H groups in total. The quantitative estimate of drug-likeness (QED) is 0.755. The van der Waals surface area contributed by atoms with Gasteiger partial charge in [0.25, 0.3) is 0 Å². The van der Waals surface area contributed by atoms with Gasteiger partial charge in [-0.15, -0.1) is 0 Å². The zero-order valence-electron chi connectivity index (χ0n) is 9.31. The standard InChI is InChI=1S/C10H18N2O3S/c13-10-8-12(6-5-11-10)16(14,15)7-4-9-2-1-3-9/h9H,1-8H2,(H,11,13). The first-order chi connectivity index (χ1) is 7.58. The number of rotatable bonds is 4. The van der Waals surface area contributed by atoms with E-state index < -0.39 is 10.0 Å². The van der Waals surface area contributed by atoms with E-state index in [9.17, 15) is 13.2 Å². The van der Waals surface area contributed by atoms with Crippen molar-refractivity contribution in [3.05, 3.63) is 0 Å². The predicted molar refractivity (Wildman–Crippen MR) is 60.3 cm³/mol. The molecule has 0 radical (unpaired) electrons. The highest BCUT2D eigenvalue weighted by molar-refractivity contribution is 7.89. The molecule has 1 aliphatic carbocycles. The van der Waals surface area contributed by atoms with Gasteiger partial charge in [0.1, 0.15) is 0 Å². The summed E-state index contributed by atoms with van der Waals surface area (Å²) in [4.78, 5) is 11.1. The summed E-state index contributed by atoms with van der Waals surface area (Å²) in [6.45, 7) is 0.841. The maximum Gasteiger partial charge on any atom is 0.235 e. The third-order valence-electron chi connectivity index (χ3n) is 3.41. The highest BCUT2D eigenvalue weighted by Gasteiger charge is 2.28. The third-order valence-corrected chi connectivity index (χ3v) is 5.26. The molecule has 2 aliphatic rings. The van der Waals surface area contributed by atoms with Crippen molar-refractivity contribution in [1.82, 2.24) is 9.62 Å². The Morgan fingerprint density at radius 3 is 2.69 bits per heavy atom. The molecule has 0 spiro atoms. The molecule has 5 nitrogen and oxygen atoms in total. The van der Waals surface area contributed by atoms with Crippen molar-refractivity contribution in [2.75, 3.05) is 25.4 Å². The van der Waals surface area contributed by atoms with Crippen molar-refractivity contribution in [2.45, 2.75) is 25.7 Å². The maximum atomic E-state index is 11.9. The Bertz CT molecular complexity index is 362. The van der Waals surface area contributed by atoms with Crippen molar-refractivity contribution in [2.24, 2.45) is 5.92 Å². The number of nitrogens with zero attached hydrogens (tertiary/aromatic N) is 1. The molecule has 0 bridgehead atoms. The average molecular weight is 246 g/mol. The molecular formula is C10H18N2O3S. The van der Waals surface area contributed by atoms with Gasteiger partial charge in [0.2, 0.25) is 15.9 Å². The zero-order chi connectivity index (χ0) is 11.6. The van der Waals surface area contributed by atoms with E-state index in [4.69, 9.17) is 0 Å². The SMILES string of the molecule is O=C1CN(S(=O)(=O)CCC2CCC2)CCN1. The van der Waals surface area contributed by atoms with Crippen LogP contribution in [0.25, 0.3) is 0 Å². The summed E-state index contributed by atoms with van der Waals surface area (Å²) in [6, 6.07) is 0. The normalized spacial score (nSPS) is 23.9. The van der Waals surface area contributed by atoms with Crippen LogP contribution >= 0.6 is 0 Å². The van der Waals surface area contributed by atoms with E-state index in [1.54, 1.807) is 0 Å². The van der Waals surface area contributed by atoms with Crippen LogP contribution in [0.5, 0.6) is 0 Å². The molecule has 1 saturated heterocycles. The lowest BCUT2D eigenvalue weighted by Gasteiger charge is -2.29. The Labute approximate surface area is 96.2 Å². The van der Waals surface area contributed by atoms with Crippen LogP contribution in [0.1, 0.15) is 25.7 Å². The van der Waals surface area contributed by atoms with Gasteiger partial charge in [-0.1, -0.05) is 19.3 Å². The van der Waals surface area contributed by atoms with Crippen molar-refractivity contribution in [3.8, 4) is 0 Å². The van der Waals surface area contributed by atoms with Crippen LogP contribution in [-0.4, -0.2) is 44.0 Å². The van der Waals surface area contributed by atoms with Crippen LogP contribution in [0.3, 0.4) is 0 Å². The molecule has 0 atom stereocenters. The Balaban J connectivity index is 1.87. The molecule has 6 heteroatoms. The largest absolute Gasteiger partial charge is 0.354 e. The number of nitrogens with one attached hydrogen (secondary N) is 1. The number of amides is 1. The lowest BCUT2D eigenvalue weighted by Crippen LogP contribution is -2.50. The smallest absolute Gasteiger partial charge is 0.235 e. The van der Waals surface area contributed by atoms with E-state index >= 15 is 0 Å². The van der Waals surface area contributed by atoms with E-state index in [2.05, 4.69) is 5.32 Å². The fraction of sp³-hybridized carbons (Fsp3) is 0.900. The van der Waals surface area contributed by atoms with Crippen molar-refractivity contribution >= 4 is 15.9 Å². The van der Waals surface area contributed by atoms with Crippen molar-refractivity contribution in [1.29, 1.82) is 0 Å². The first-order valence-electron chi connectivity index (χ1n) is 5.82. The molecule has 16 heavy (non-hydrogen) atoms. The van der Waals surface area contributed by atoms with Gasteiger partial charge in [-0.2, -0.15) is 4.31 Å². The minimum atomic E-state index is -3.22. The van der Waals surface area contributed by atoms with Gasteiger partial charge in [0.15, 0.2) is 0 Å². The van der Waals surface area contributed by atoms with Crippen LogP contribution in [-0.2, 0) is 14.8 Å². The van der Waals surface area contributed by atoms with Gasteiger partial charge >= 0.3 is 0 Å². The first kappa shape index (κ1) is 11.9. The summed E-state index contributed by atoms with van der Waals surface area (Å²) in [5, 5.41) is 2.63. The fourth-order valence-corrected chi connectivity index (χ4v) is 3.65. The Hall–Kier alpha value is -0.620. The fourth-order valence-electron chi connectivity index (χ4n) is 2.08. The van der Waals surface area contributed by atoms with Crippen LogP contribution in [0, 0.1) is 5.92 Å². The molecule has 1 aliphatic heterocycles. The summed E-state index contributed by atoms with van der Waals surface area (Å²) >= 11 is 0. The van der Waals surface area contributed by atoms with Gasteiger partial charge in [-0.05, 0) is 12.3 Å². The number of carbonyl (C=O) groups is 1. The predicted octanol–water partition coefficient (Wildman–Crippen LogP) is -0.0618. The minimum absolute atomic E-state index is 0.00694. The molecular weight excluding hydrogens is 228 g/mol. The van der Waals surface area contributed by atoms with E-state index in [-0.39, 0.29) is 18.2 Å². The maximum absolute atomic E-state index is 11.9. The minimum Gasteiger partial charge on any atom is -0.354 e. The molecule has 2 fully saturated rings. The van der Waals surface area contributed by atoms with Crippen LogP contribution in [0.4, 0.5) is 0 Å². The molecule has 0 unspecified atom stereocenters. The molecule has 0 aromatic carbocycles. The number of hydrogen-bond donors (Lipinski definition) is 1. The summed E-state index contributed by atoms with van der Waals surface area (Å²) in [5.74, 6) is 0.595. The lowest BCUT2D eigenvalue weighted by molar-refractivity contribution is -0.122. The highest BCUT2D eigenvalue weighted by atomic mass is 32.2. The topological polar surface area (TPSA) is 66.5 Å². The van der Waals surface area contributed by atoms with E-state index in [1.807, 2.05) is 0 Å². The van der Waals surface area contributed by atoms with Crippen LogP contribution < -0.4 is 5.32 Å². The number of carbonyl (C=O) groups excluding carboxylic acids is 1. The lowest BCUT2D eigenvalue weighted by atomic mass is 9.84. The monoisotopic (exact) mass is 246 g/mol. The highest BCUT2D eigenvalue weighted by Crippen LogP contribution is 2.29. The third kappa shape index (κ3) is 2.74. The summed E-state index contributed by atoms with van der Waals surface area (Å²) in [6.07, 6.45) is 4.31. The number of sulfonamides is 1. The molecule has 1 amide bonds. The summed E-state index contributed by atoms with van der Waals surface area (Å²) in [7, 11) is -3.22. The van der Waals surface area contributed by atoms with Crippen LogP contribution in [0.2, 0.25) is 0 Å². The van der Waals surface area contributed by atoms with E-state index in [0.717, 1.165) is 19.3 Å². The summed E-state index contributed by atoms with van der Waals surface area (Å²) < 4.78 is 25.2. The second-order valence-corrected chi connectivity index (χ2v) is 6.67. The van der Waals surface area contributed by atoms with Crippen molar-refractivity contribution in [3.63, 3.8) is 0 Å². The second-order valence-electron chi connectivity index (χ2n) is 4.59. The second kappa shape index (κ2) is 4.71. The van der Waals surface area contributed by atoms with Gasteiger partial charge in [0.05, 0.1) is 12.3 Å². The number of hydrogen-bond acceptors (Lipinski definition) is 3. The van der Waals surface area contributed by atoms with Crippen molar-refractivity contribution < 1.29 is 13.2 Å². The molecule has 2 rings (SSSR count). The Morgan fingerprint density at radius 2 is 2.12 bits per heavy atom. The van der Waals surface area contributed by atoms with Crippen LogP contribution in [0.15, 0.2) is 0 Å².